The number of carbonyl (C=O) groups excluding carboxylic acids is 2. The summed E-state index contributed by atoms with van der Waals surface area (Å²) in [5.41, 5.74) is 9.55. The van der Waals surface area contributed by atoms with E-state index in [4.69, 9.17) is 18.9 Å². The number of carbonyl (C=O) groups is 2. The van der Waals surface area contributed by atoms with E-state index in [2.05, 4.69) is 32.1 Å². The quantitative estimate of drug-likeness (QED) is 0.0852. The topological polar surface area (TPSA) is 127 Å². The molecule has 1 unspecified atom stereocenters. The smallest absolute Gasteiger partial charge is 0.337 e. The molecule has 0 saturated heterocycles. The van der Waals surface area contributed by atoms with Crippen molar-refractivity contribution in [1.82, 2.24) is 24.8 Å². The molecule has 12 heteroatoms. The van der Waals surface area contributed by atoms with Crippen molar-refractivity contribution in [2.45, 2.75) is 47.0 Å². The third kappa shape index (κ3) is 9.21. The summed E-state index contributed by atoms with van der Waals surface area (Å²) in [5.74, 6) is 6.22. The zero-order valence-corrected chi connectivity index (χ0v) is 34.5. The number of ether oxygens (including phenoxy) is 4. The van der Waals surface area contributed by atoms with Crippen LogP contribution in [0.4, 0.5) is 0 Å². The Morgan fingerprint density at radius 1 is 0.881 bits per heavy atom. The Balaban J connectivity index is 1.22. The number of nitrogens with zero attached hydrogens (tertiary/aromatic N) is 4. The Bertz CT molecular complexity index is 2600. The van der Waals surface area contributed by atoms with E-state index in [1.807, 2.05) is 116 Å². The van der Waals surface area contributed by atoms with Crippen LogP contribution in [-0.2, 0) is 31.9 Å². The Morgan fingerprint density at radius 3 is 2.42 bits per heavy atom. The molecule has 3 aromatic carbocycles. The van der Waals surface area contributed by atoms with Gasteiger partial charge in [0.25, 0.3) is 0 Å². The van der Waals surface area contributed by atoms with Gasteiger partial charge in [0.1, 0.15) is 11.3 Å². The molecule has 0 amide bonds. The highest BCUT2D eigenvalue weighted by atomic mass is 32.1. The lowest BCUT2D eigenvalue weighted by Gasteiger charge is -2.31. The molecule has 0 saturated carbocycles. The summed E-state index contributed by atoms with van der Waals surface area (Å²) in [5, 5.41) is 3.41. The number of methoxy groups -OCH3 is 1. The van der Waals surface area contributed by atoms with Crippen LogP contribution in [0.15, 0.2) is 113 Å². The van der Waals surface area contributed by atoms with Gasteiger partial charge in [0.05, 0.1) is 48.4 Å². The lowest BCUT2D eigenvalue weighted by atomic mass is 9.80. The molecule has 0 bridgehead atoms. The molecule has 0 spiro atoms. The molecule has 0 fully saturated rings. The standard InChI is InChI=1S/C47H45N5O6S/c1-6-56-47(54)43-37(22-16-34-17-23-39(55-5)40(28-34)57-27-24-41-30(2)49-29-59-41)42(46(53)58-26-11-14-33-12-8-7-9-13-33)31(3)50-44(43)35-18-20-36(21-19-35)52-32(4)51-38-15-10-25-48-45(38)52/h7-10,12-13,15,17-21,23,25,28-29,37,50H,6,16,22,24,26-27H2,1-5H3. The SMILES string of the molecule is CCOC(=O)C1=C(c2ccc(-n3c(C)nc4cccnc43)cc2)NC(C)=C(C(=O)OCC#Cc2ccccc2)C1CCc1ccc(OC)c(OCCc2scnc2C)c1. The van der Waals surface area contributed by atoms with E-state index in [0.717, 1.165) is 51.5 Å². The molecule has 0 aliphatic carbocycles. The maximum atomic E-state index is 14.1. The van der Waals surface area contributed by atoms with Gasteiger partial charge in [-0.05, 0) is 100 Å². The Morgan fingerprint density at radius 2 is 1.68 bits per heavy atom. The second-order valence-electron chi connectivity index (χ2n) is 13.8. The maximum absolute atomic E-state index is 14.1. The van der Waals surface area contributed by atoms with Crippen molar-refractivity contribution in [2.24, 2.45) is 5.92 Å². The van der Waals surface area contributed by atoms with Crippen molar-refractivity contribution in [3.63, 3.8) is 0 Å². The van der Waals surface area contributed by atoms with Crippen molar-refractivity contribution >= 4 is 40.1 Å². The first-order valence-electron chi connectivity index (χ1n) is 19.4. The number of allylic oxidation sites excluding steroid dienone is 1. The van der Waals surface area contributed by atoms with Gasteiger partial charge in [-0.25, -0.2) is 24.5 Å². The fourth-order valence-corrected chi connectivity index (χ4v) is 8.00. The summed E-state index contributed by atoms with van der Waals surface area (Å²) in [7, 11) is 1.61. The average Bonchev–Trinajstić information content (AvgIpc) is 3.82. The zero-order valence-electron chi connectivity index (χ0n) is 33.7. The third-order valence-corrected chi connectivity index (χ3v) is 11.1. The van der Waals surface area contributed by atoms with E-state index in [1.54, 1.807) is 31.6 Å². The highest BCUT2D eigenvalue weighted by molar-refractivity contribution is 7.09. The summed E-state index contributed by atoms with van der Waals surface area (Å²) < 4.78 is 25.4. The number of benzene rings is 3. The highest BCUT2D eigenvalue weighted by Gasteiger charge is 2.38. The highest BCUT2D eigenvalue weighted by Crippen LogP contribution is 2.39. The molecule has 1 N–H and O–H groups in total. The number of pyridine rings is 1. The Labute approximate surface area is 347 Å². The number of aromatic nitrogens is 4. The van der Waals surface area contributed by atoms with Gasteiger partial charge in [0.2, 0.25) is 0 Å². The van der Waals surface area contributed by atoms with E-state index >= 15 is 0 Å². The number of hydrogen-bond acceptors (Lipinski definition) is 11. The number of aryl methyl sites for hydroxylation is 3. The van der Waals surface area contributed by atoms with Gasteiger partial charge in [-0.2, -0.15) is 0 Å². The molecule has 1 atom stereocenters. The maximum Gasteiger partial charge on any atom is 0.337 e. The van der Waals surface area contributed by atoms with Crippen LogP contribution in [-0.4, -0.2) is 58.4 Å². The van der Waals surface area contributed by atoms with Gasteiger partial charge in [0.15, 0.2) is 23.8 Å². The predicted octanol–water partition coefficient (Wildman–Crippen LogP) is 8.12. The normalized spacial score (nSPS) is 13.7. The Hall–Kier alpha value is -6.71. The lowest BCUT2D eigenvalue weighted by Crippen LogP contribution is -2.34. The fraction of sp³-hybridized carbons (Fsp3) is 0.255. The molecule has 6 aromatic rings. The van der Waals surface area contributed by atoms with Gasteiger partial charge < -0.3 is 24.3 Å². The molecule has 7 rings (SSSR count). The minimum atomic E-state index is -0.690. The number of hydrogen-bond donors (Lipinski definition) is 1. The van der Waals surface area contributed by atoms with Crippen LogP contribution in [0, 0.1) is 31.6 Å². The van der Waals surface area contributed by atoms with Crippen LogP contribution in [0.5, 0.6) is 11.5 Å². The first-order valence-corrected chi connectivity index (χ1v) is 20.3. The number of thiazole rings is 1. The van der Waals surface area contributed by atoms with E-state index < -0.39 is 17.9 Å². The molecule has 3 aromatic heterocycles. The van der Waals surface area contributed by atoms with Gasteiger partial charge in [-0.3, -0.25) is 4.57 Å². The lowest BCUT2D eigenvalue weighted by molar-refractivity contribution is -0.139. The summed E-state index contributed by atoms with van der Waals surface area (Å²) >= 11 is 1.61. The number of dihydropyridines is 1. The van der Waals surface area contributed by atoms with Crippen LogP contribution in [0.3, 0.4) is 0 Å². The molecule has 1 aliphatic rings. The molecule has 0 radical (unpaired) electrons. The average molecular weight is 808 g/mol. The summed E-state index contributed by atoms with van der Waals surface area (Å²) in [4.78, 5) is 43.0. The number of nitrogens with one attached hydrogen (secondary N) is 1. The number of imidazole rings is 1. The van der Waals surface area contributed by atoms with Crippen LogP contribution in [0.2, 0.25) is 0 Å². The third-order valence-electron chi connectivity index (χ3n) is 10.1. The molecule has 1 aliphatic heterocycles. The van der Waals surface area contributed by atoms with Gasteiger partial charge >= 0.3 is 11.9 Å². The fourth-order valence-electron chi connectivity index (χ4n) is 7.24. The van der Waals surface area contributed by atoms with Gasteiger partial charge in [-0.15, -0.1) is 11.3 Å². The molecular weight excluding hydrogens is 763 g/mol. The van der Waals surface area contributed by atoms with Gasteiger partial charge in [-0.1, -0.05) is 48.2 Å². The first-order chi connectivity index (χ1) is 28.7. The second kappa shape index (κ2) is 18.7. The number of rotatable bonds is 14. The minimum absolute atomic E-state index is 0.124. The van der Waals surface area contributed by atoms with Crippen LogP contribution in [0.25, 0.3) is 22.5 Å². The van der Waals surface area contributed by atoms with Crippen molar-refractivity contribution in [3.05, 3.63) is 147 Å². The molecule has 300 valence electrons. The predicted molar refractivity (Wildman–Crippen MR) is 228 cm³/mol. The molecule has 4 heterocycles. The second-order valence-corrected chi connectivity index (χ2v) is 14.8. The van der Waals surface area contributed by atoms with Crippen LogP contribution >= 0.6 is 11.3 Å². The van der Waals surface area contributed by atoms with Crippen molar-refractivity contribution in [1.29, 1.82) is 0 Å². The van der Waals surface area contributed by atoms with Crippen molar-refractivity contribution in [3.8, 4) is 29.0 Å². The molecule has 59 heavy (non-hydrogen) atoms. The number of esters is 2. The molecule has 11 nitrogen and oxygen atoms in total. The van der Waals surface area contributed by atoms with Gasteiger partial charge in [0, 0.05) is 40.4 Å². The van der Waals surface area contributed by atoms with Crippen molar-refractivity contribution in [2.75, 3.05) is 26.9 Å². The largest absolute Gasteiger partial charge is 0.493 e. The summed E-state index contributed by atoms with van der Waals surface area (Å²) in [6.45, 7) is 8.00. The monoisotopic (exact) mass is 807 g/mol. The van der Waals surface area contributed by atoms with Crippen LogP contribution < -0.4 is 14.8 Å². The summed E-state index contributed by atoms with van der Waals surface area (Å²) in [6, 6.07) is 26.9. The van der Waals surface area contributed by atoms with E-state index in [1.165, 1.54) is 4.88 Å². The number of fused-ring (bicyclic) bond motifs is 1. The van der Waals surface area contributed by atoms with Crippen LogP contribution in [0.1, 0.15) is 53.4 Å². The molecular formula is C47H45N5O6S. The van der Waals surface area contributed by atoms with E-state index in [9.17, 15) is 9.59 Å². The van der Waals surface area contributed by atoms with E-state index in [0.29, 0.717) is 53.5 Å². The van der Waals surface area contributed by atoms with E-state index in [-0.39, 0.29) is 13.2 Å². The zero-order chi connectivity index (χ0) is 41.3. The van der Waals surface area contributed by atoms with Crippen molar-refractivity contribution < 1.29 is 28.5 Å². The Kier molecular flexibility index (Phi) is 12.8. The minimum Gasteiger partial charge on any atom is -0.493 e. The summed E-state index contributed by atoms with van der Waals surface area (Å²) in [6.07, 6.45) is 3.34. The first kappa shape index (κ1) is 40.5.